The van der Waals surface area contributed by atoms with Crippen molar-refractivity contribution in [3.05, 3.63) is 95.4 Å². The van der Waals surface area contributed by atoms with Crippen molar-refractivity contribution in [2.75, 3.05) is 43.6 Å². The minimum absolute atomic E-state index is 0.143. The summed E-state index contributed by atoms with van der Waals surface area (Å²) >= 11 is 1.60. The molecule has 320 valence electrons. The molecule has 4 amide bonds. The molecule has 2 atom stereocenters. The fraction of sp³-hybridized carbons (Fsp3) is 0.400. The minimum atomic E-state index is -0.840. The van der Waals surface area contributed by atoms with E-state index in [0.717, 1.165) is 27.4 Å². The number of aromatic nitrogens is 4. The Bertz CT molecular complexity index is 2320. The van der Waals surface area contributed by atoms with Gasteiger partial charge in [0.1, 0.15) is 30.1 Å². The molecule has 7 rings (SSSR count). The lowest BCUT2D eigenvalue weighted by atomic mass is 9.85. The number of hydrogen-bond acceptors (Lipinski definition) is 11. The topological polar surface area (TPSA) is 184 Å². The van der Waals surface area contributed by atoms with Gasteiger partial charge in [-0.25, -0.2) is 9.97 Å². The zero-order chi connectivity index (χ0) is 43.1. The first-order valence-corrected chi connectivity index (χ1v) is 21.5. The number of ether oxygens (including phenoxy) is 2. The van der Waals surface area contributed by atoms with Gasteiger partial charge in [-0.3, -0.25) is 24.3 Å². The molecule has 2 aromatic carbocycles. The van der Waals surface area contributed by atoms with Gasteiger partial charge in [-0.2, -0.15) is 5.10 Å². The second-order valence-electron chi connectivity index (χ2n) is 16.5. The van der Waals surface area contributed by atoms with Crippen molar-refractivity contribution in [2.45, 2.75) is 78.1 Å². The molecular formula is C45H53N9O6S. The van der Waals surface area contributed by atoms with Crippen LogP contribution in [0.15, 0.2) is 78.4 Å². The lowest BCUT2D eigenvalue weighted by Crippen LogP contribution is -2.58. The molecule has 2 fully saturated rings. The molecule has 15 nitrogen and oxygen atoms in total. The van der Waals surface area contributed by atoms with E-state index < -0.39 is 17.5 Å². The normalized spacial score (nSPS) is 16.2. The van der Waals surface area contributed by atoms with E-state index in [9.17, 15) is 19.2 Å². The fourth-order valence-corrected chi connectivity index (χ4v) is 8.54. The zero-order valence-electron chi connectivity index (χ0n) is 35.2. The molecule has 5 aromatic rings. The number of likely N-dealkylation sites (tertiary alicyclic amines) is 1. The number of nitrogens with one attached hydrogen (secondary N) is 4. The standard InChI is InChI=1S/C45H53N9O6S/c1-28-40(61-27-47-28)30-13-11-29(12-14-30)25-46-43(57)37-10-7-21-54(37)44(58)41(45(2,3)4)51-39(55)26-60-32-18-22-53(23-19-32)31-15-16-35(38(24-31)59-5)50-42(56)36-9-6-8-33(49-36)34-17-20-48-52-34/h6,8-9,11-17,20,24,27,32,37,41H,7,10,18-19,21-23,25-26H2,1-5H3,(H,46,57)(H,48,52)(H,50,56)(H,51,55)/t37-,41+/m0/s1. The highest BCUT2D eigenvalue weighted by Gasteiger charge is 2.42. The van der Waals surface area contributed by atoms with Crippen LogP contribution in [0.1, 0.15) is 68.2 Å². The van der Waals surface area contributed by atoms with Gasteiger partial charge in [0.25, 0.3) is 5.91 Å². The molecule has 5 heterocycles. The number of amides is 4. The van der Waals surface area contributed by atoms with Gasteiger partial charge >= 0.3 is 0 Å². The summed E-state index contributed by atoms with van der Waals surface area (Å²) in [6, 6.07) is 19.2. The number of pyridine rings is 1. The van der Waals surface area contributed by atoms with E-state index in [0.29, 0.717) is 74.7 Å². The monoisotopic (exact) mass is 847 g/mol. The Kier molecular flexibility index (Phi) is 13.4. The first-order chi connectivity index (χ1) is 29.4. The molecule has 3 aromatic heterocycles. The van der Waals surface area contributed by atoms with Crippen molar-refractivity contribution < 1.29 is 28.7 Å². The summed E-state index contributed by atoms with van der Waals surface area (Å²) in [6.45, 7) is 9.68. The maximum absolute atomic E-state index is 14.1. The van der Waals surface area contributed by atoms with Crippen LogP contribution in [0.4, 0.5) is 11.4 Å². The lowest BCUT2D eigenvalue weighted by molar-refractivity contribution is -0.144. The van der Waals surface area contributed by atoms with Gasteiger partial charge < -0.3 is 35.2 Å². The van der Waals surface area contributed by atoms with Crippen molar-refractivity contribution in [1.82, 2.24) is 35.7 Å². The quantitative estimate of drug-likeness (QED) is 0.104. The van der Waals surface area contributed by atoms with Crippen LogP contribution < -0.4 is 25.6 Å². The summed E-state index contributed by atoms with van der Waals surface area (Å²) in [5.74, 6) is -0.706. The number of carbonyl (C=O) groups is 4. The molecule has 61 heavy (non-hydrogen) atoms. The van der Waals surface area contributed by atoms with Crippen molar-refractivity contribution in [2.24, 2.45) is 5.41 Å². The van der Waals surface area contributed by atoms with Gasteiger partial charge in [-0.15, -0.1) is 11.3 Å². The Hall–Kier alpha value is -6.13. The third-order valence-electron chi connectivity index (χ3n) is 11.1. The number of aryl methyl sites for hydroxylation is 1. The van der Waals surface area contributed by atoms with E-state index in [1.54, 1.807) is 53.8 Å². The molecule has 4 N–H and O–H groups in total. The first kappa shape index (κ1) is 43.0. The van der Waals surface area contributed by atoms with Gasteiger partial charge in [0, 0.05) is 44.1 Å². The highest BCUT2D eigenvalue weighted by atomic mass is 32.1. The Morgan fingerprint density at radius 3 is 2.46 bits per heavy atom. The predicted octanol–water partition coefficient (Wildman–Crippen LogP) is 5.99. The highest BCUT2D eigenvalue weighted by Crippen LogP contribution is 2.33. The van der Waals surface area contributed by atoms with Crippen molar-refractivity contribution in [3.8, 4) is 27.6 Å². The summed E-state index contributed by atoms with van der Waals surface area (Å²) < 4.78 is 11.7. The van der Waals surface area contributed by atoms with Gasteiger partial charge in [0.15, 0.2) is 0 Å². The molecule has 2 aliphatic rings. The number of benzene rings is 2. The van der Waals surface area contributed by atoms with E-state index in [-0.39, 0.29) is 42.0 Å². The summed E-state index contributed by atoms with van der Waals surface area (Å²) in [4.78, 5) is 67.7. The zero-order valence-corrected chi connectivity index (χ0v) is 36.0. The second kappa shape index (κ2) is 19.1. The number of thiazole rings is 1. The summed E-state index contributed by atoms with van der Waals surface area (Å²) in [5, 5.41) is 15.7. The Morgan fingerprint density at radius 2 is 1.77 bits per heavy atom. The van der Waals surface area contributed by atoms with Gasteiger partial charge in [-0.1, -0.05) is 51.1 Å². The van der Waals surface area contributed by atoms with Crippen molar-refractivity contribution in [1.29, 1.82) is 0 Å². The summed E-state index contributed by atoms with van der Waals surface area (Å²) in [5.41, 5.74) is 7.28. The Morgan fingerprint density at radius 1 is 0.984 bits per heavy atom. The molecule has 0 radical (unpaired) electrons. The van der Waals surface area contributed by atoms with Crippen LogP contribution in [0.3, 0.4) is 0 Å². The highest BCUT2D eigenvalue weighted by molar-refractivity contribution is 7.13. The molecule has 0 saturated carbocycles. The van der Waals surface area contributed by atoms with Crippen LogP contribution in [0, 0.1) is 12.3 Å². The van der Waals surface area contributed by atoms with Gasteiger partial charge in [0.05, 0.1) is 46.4 Å². The summed E-state index contributed by atoms with van der Waals surface area (Å²) in [7, 11) is 1.56. The molecule has 0 aliphatic carbocycles. The number of piperidine rings is 1. The largest absolute Gasteiger partial charge is 0.494 e. The Balaban J connectivity index is 0.876. The number of nitrogens with zero attached hydrogens (tertiary/aromatic N) is 5. The predicted molar refractivity (Wildman–Crippen MR) is 234 cm³/mol. The average Bonchev–Trinajstić information content (AvgIpc) is 4.08. The van der Waals surface area contributed by atoms with E-state index in [2.05, 4.69) is 41.0 Å². The molecule has 2 saturated heterocycles. The number of aromatic amines is 1. The first-order valence-electron chi connectivity index (χ1n) is 20.6. The molecule has 2 aliphatic heterocycles. The third kappa shape index (κ3) is 10.4. The number of methoxy groups -OCH3 is 1. The fourth-order valence-electron chi connectivity index (χ4n) is 7.73. The molecular weight excluding hydrogens is 795 g/mol. The number of carbonyl (C=O) groups excluding carboxylic acids is 4. The summed E-state index contributed by atoms with van der Waals surface area (Å²) in [6.07, 6.45) is 4.12. The van der Waals surface area contributed by atoms with Gasteiger partial charge in [-0.05, 0) is 79.5 Å². The van der Waals surface area contributed by atoms with Crippen molar-refractivity contribution in [3.63, 3.8) is 0 Å². The number of H-pyrrole nitrogens is 1. The average molecular weight is 848 g/mol. The molecule has 0 spiro atoms. The van der Waals surface area contributed by atoms with Crippen molar-refractivity contribution >= 4 is 46.3 Å². The van der Waals surface area contributed by atoms with Crippen LogP contribution in [0.5, 0.6) is 5.75 Å². The van der Waals surface area contributed by atoms with E-state index in [4.69, 9.17) is 9.47 Å². The Labute approximate surface area is 359 Å². The van der Waals surface area contributed by atoms with Gasteiger partial charge in [0.2, 0.25) is 17.7 Å². The van der Waals surface area contributed by atoms with Crippen LogP contribution in [-0.4, -0.2) is 100 Å². The van der Waals surface area contributed by atoms with Crippen LogP contribution >= 0.6 is 11.3 Å². The molecule has 0 bridgehead atoms. The molecule has 16 heteroatoms. The second-order valence-corrected chi connectivity index (χ2v) is 17.3. The van der Waals surface area contributed by atoms with E-state index >= 15 is 0 Å². The van der Waals surface area contributed by atoms with E-state index in [1.165, 1.54) is 0 Å². The number of rotatable bonds is 14. The van der Waals surface area contributed by atoms with Crippen LogP contribution in [0.25, 0.3) is 21.8 Å². The molecule has 0 unspecified atom stereocenters. The number of anilines is 2. The number of hydrogen-bond donors (Lipinski definition) is 4. The smallest absolute Gasteiger partial charge is 0.274 e. The van der Waals surface area contributed by atoms with E-state index in [1.807, 2.05) is 75.7 Å². The SMILES string of the molecule is COc1cc(N2CCC(OCC(=O)N[C@H](C(=O)N3CCC[C@H]3C(=O)NCc3ccc(-c4scnc4C)cc3)C(C)(C)C)CC2)ccc1NC(=O)c1cccc(-c2ccn[nH]2)n1. The maximum Gasteiger partial charge on any atom is 0.274 e. The van der Waals surface area contributed by atoms with Crippen LogP contribution in [-0.2, 0) is 25.7 Å². The minimum Gasteiger partial charge on any atom is -0.494 e. The lowest BCUT2D eigenvalue weighted by Gasteiger charge is -2.36. The van der Waals surface area contributed by atoms with Crippen LogP contribution in [0.2, 0.25) is 0 Å². The third-order valence-corrected chi connectivity index (χ3v) is 12.1. The maximum atomic E-state index is 14.1.